The van der Waals surface area contributed by atoms with E-state index >= 15 is 0 Å². The van der Waals surface area contributed by atoms with Gasteiger partial charge in [0.2, 0.25) is 0 Å². The molecule has 0 bridgehead atoms. The molecule has 0 aromatic heterocycles. The number of likely N-dealkylation sites (tertiary alicyclic amines) is 1. The van der Waals surface area contributed by atoms with Crippen LogP contribution in [0.1, 0.15) is 25.3 Å². The highest BCUT2D eigenvalue weighted by atomic mass is 32.2. The van der Waals surface area contributed by atoms with E-state index in [9.17, 15) is 4.79 Å². The second-order valence-corrected chi connectivity index (χ2v) is 8.15. The molecule has 0 radical (unpaired) electrons. The number of hydrogen-bond donors (Lipinski definition) is 3. The van der Waals surface area contributed by atoms with Gasteiger partial charge >= 0.3 is 6.03 Å². The summed E-state index contributed by atoms with van der Waals surface area (Å²) in [6.07, 6.45) is 1.75. The molecular weight excluding hydrogens is 382 g/mol. The first-order valence-electron chi connectivity index (χ1n) is 10.0. The smallest absolute Gasteiger partial charge is 0.314 e. The summed E-state index contributed by atoms with van der Waals surface area (Å²) in [5, 5.41) is 6.79. The topological polar surface area (TPSA) is 82.8 Å². The highest BCUT2D eigenvalue weighted by Crippen LogP contribution is 2.27. The first kappa shape index (κ1) is 21.0. The third kappa shape index (κ3) is 6.71. The van der Waals surface area contributed by atoms with E-state index < -0.39 is 0 Å². The lowest BCUT2D eigenvalue weighted by Gasteiger charge is -2.32. The monoisotopic (exact) mass is 411 g/mol. The van der Waals surface area contributed by atoms with Crippen LogP contribution in [0.15, 0.2) is 69.4 Å². The van der Waals surface area contributed by atoms with E-state index in [4.69, 9.17) is 10.7 Å². The summed E-state index contributed by atoms with van der Waals surface area (Å²) in [6, 6.07) is 18.9. The Bertz CT molecular complexity index is 802. The largest absolute Gasteiger partial charge is 0.357 e. The summed E-state index contributed by atoms with van der Waals surface area (Å²) in [7, 11) is 0. The Kier molecular flexibility index (Phi) is 7.81. The summed E-state index contributed by atoms with van der Waals surface area (Å²) in [6.45, 7) is 4.85. The van der Waals surface area contributed by atoms with Crippen molar-refractivity contribution in [3.63, 3.8) is 0 Å². The Morgan fingerprint density at radius 1 is 1.10 bits per heavy atom. The van der Waals surface area contributed by atoms with Crippen LogP contribution in [0, 0.1) is 0 Å². The molecule has 6 nitrogen and oxygen atoms in total. The standard InChI is InChI=1S/C22H29N5OS/c1-2-24-22(26-18-12-14-27(15-13-18)21(23)28)25-16-17-8-10-20(11-9-17)29-19-6-4-3-5-7-19/h3-11,18H,2,12-16H2,1H3,(H2,23,28)(H2,24,25,26). The fourth-order valence-electron chi connectivity index (χ4n) is 3.22. The minimum Gasteiger partial charge on any atom is -0.357 e. The predicted molar refractivity (Wildman–Crippen MR) is 119 cm³/mol. The molecule has 1 fully saturated rings. The van der Waals surface area contributed by atoms with E-state index in [1.165, 1.54) is 15.4 Å². The second-order valence-electron chi connectivity index (χ2n) is 7.00. The van der Waals surface area contributed by atoms with Gasteiger partial charge in [0.05, 0.1) is 6.54 Å². The van der Waals surface area contributed by atoms with Crippen molar-refractivity contribution in [3.05, 3.63) is 60.2 Å². The molecule has 154 valence electrons. The maximum absolute atomic E-state index is 11.3. The lowest BCUT2D eigenvalue weighted by molar-refractivity contribution is 0.188. The number of guanidine groups is 1. The highest BCUT2D eigenvalue weighted by molar-refractivity contribution is 7.99. The van der Waals surface area contributed by atoms with Crippen molar-refractivity contribution < 1.29 is 4.79 Å². The second kappa shape index (κ2) is 10.8. The molecule has 1 aliphatic rings. The number of hydrogen-bond acceptors (Lipinski definition) is 3. The Balaban J connectivity index is 1.53. The predicted octanol–water partition coefficient (Wildman–Crippen LogP) is 3.44. The third-order valence-corrected chi connectivity index (χ3v) is 5.83. The van der Waals surface area contributed by atoms with Crippen molar-refractivity contribution in [1.82, 2.24) is 15.5 Å². The number of carbonyl (C=O) groups is 1. The van der Waals surface area contributed by atoms with Gasteiger partial charge in [-0.15, -0.1) is 0 Å². The fourth-order valence-corrected chi connectivity index (χ4v) is 4.05. The average molecular weight is 412 g/mol. The zero-order valence-electron chi connectivity index (χ0n) is 16.8. The summed E-state index contributed by atoms with van der Waals surface area (Å²) in [5.41, 5.74) is 6.53. The Hall–Kier alpha value is -2.67. The molecule has 1 saturated heterocycles. The van der Waals surface area contributed by atoms with Crippen LogP contribution in [-0.2, 0) is 6.54 Å². The number of nitrogens with two attached hydrogens (primary N) is 1. The molecule has 0 saturated carbocycles. The van der Waals surface area contributed by atoms with Crippen LogP contribution in [0.3, 0.4) is 0 Å². The van der Waals surface area contributed by atoms with Gasteiger partial charge in [-0.3, -0.25) is 0 Å². The molecule has 0 aliphatic carbocycles. The maximum Gasteiger partial charge on any atom is 0.314 e. The van der Waals surface area contributed by atoms with Crippen molar-refractivity contribution in [2.24, 2.45) is 10.7 Å². The zero-order chi connectivity index (χ0) is 20.5. The Morgan fingerprint density at radius 3 is 2.38 bits per heavy atom. The third-order valence-electron chi connectivity index (χ3n) is 4.81. The van der Waals surface area contributed by atoms with Crippen LogP contribution in [-0.4, -0.2) is 42.6 Å². The van der Waals surface area contributed by atoms with E-state index in [0.717, 1.165) is 25.3 Å². The number of piperidine rings is 1. The van der Waals surface area contributed by atoms with Crippen molar-refractivity contribution in [1.29, 1.82) is 0 Å². The van der Waals surface area contributed by atoms with E-state index in [1.54, 1.807) is 16.7 Å². The lowest BCUT2D eigenvalue weighted by Crippen LogP contribution is -2.50. The molecular formula is C22H29N5OS. The first-order valence-corrected chi connectivity index (χ1v) is 10.9. The molecule has 3 rings (SSSR count). The molecule has 2 amide bonds. The average Bonchev–Trinajstić information content (AvgIpc) is 2.74. The molecule has 29 heavy (non-hydrogen) atoms. The van der Waals surface area contributed by atoms with Gasteiger partial charge in [0.1, 0.15) is 0 Å². The van der Waals surface area contributed by atoms with Crippen LogP contribution in [0.2, 0.25) is 0 Å². The van der Waals surface area contributed by atoms with Crippen LogP contribution < -0.4 is 16.4 Å². The van der Waals surface area contributed by atoms with E-state index in [1.807, 2.05) is 6.07 Å². The number of nitrogens with one attached hydrogen (secondary N) is 2. The summed E-state index contributed by atoms with van der Waals surface area (Å²) < 4.78 is 0. The van der Waals surface area contributed by atoms with Crippen LogP contribution in [0.5, 0.6) is 0 Å². The van der Waals surface area contributed by atoms with Crippen molar-refractivity contribution >= 4 is 23.8 Å². The fraction of sp³-hybridized carbons (Fsp3) is 0.364. The minimum atomic E-state index is -0.335. The molecule has 2 aromatic carbocycles. The number of primary amides is 1. The van der Waals surface area contributed by atoms with Gasteiger partial charge in [0.25, 0.3) is 0 Å². The maximum atomic E-state index is 11.3. The molecule has 0 spiro atoms. The number of aliphatic imine (C=N–C) groups is 1. The summed E-state index contributed by atoms with van der Waals surface area (Å²) in [5.74, 6) is 0.813. The molecule has 7 heteroatoms. The van der Waals surface area contributed by atoms with Crippen molar-refractivity contribution in [2.75, 3.05) is 19.6 Å². The molecule has 0 atom stereocenters. The van der Waals surface area contributed by atoms with Gasteiger partial charge < -0.3 is 21.3 Å². The van der Waals surface area contributed by atoms with Crippen LogP contribution in [0.4, 0.5) is 4.79 Å². The molecule has 2 aromatic rings. The summed E-state index contributed by atoms with van der Waals surface area (Å²) in [4.78, 5) is 20.1. The van der Waals surface area contributed by atoms with Crippen LogP contribution in [0.25, 0.3) is 0 Å². The summed E-state index contributed by atoms with van der Waals surface area (Å²) >= 11 is 1.76. The molecule has 4 N–H and O–H groups in total. The van der Waals surface area contributed by atoms with Gasteiger partial charge in [-0.05, 0) is 49.6 Å². The van der Waals surface area contributed by atoms with Gasteiger partial charge in [0.15, 0.2) is 5.96 Å². The van der Waals surface area contributed by atoms with E-state index in [-0.39, 0.29) is 6.03 Å². The number of rotatable bonds is 6. The quantitative estimate of drug-likeness (QED) is 0.502. The normalized spacial score (nSPS) is 15.2. The molecule has 0 unspecified atom stereocenters. The number of benzene rings is 2. The van der Waals surface area contributed by atoms with E-state index in [2.05, 4.69) is 66.1 Å². The van der Waals surface area contributed by atoms with Crippen molar-refractivity contribution in [3.8, 4) is 0 Å². The minimum absolute atomic E-state index is 0.299. The zero-order valence-corrected chi connectivity index (χ0v) is 17.6. The lowest BCUT2D eigenvalue weighted by atomic mass is 10.1. The van der Waals surface area contributed by atoms with Gasteiger partial charge in [0, 0.05) is 35.5 Å². The van der Waals surface area contributed by atoms with E-state index in [0.29, 0.717) is 25.7 Å². The van der Waals surface area contributed by atoms with Crippen LogP contribution >= 0.6 is 11.8 Å². The molecule has 1 heterocycles. The number of nitrogens with zero attached hydrogens (tertiary/aromatic N) is 2. The first-order chi connectivity index (χ1) is 14.1. The van der Waals surface area contributed by atoms with Gasteiger partial charge in [-0.25, -0.2) is 9.79 Å². The Morgan fingerprint density at radius 2 is 1.76 bits per heavy atom. The van der Waals surface area contributed by atoms with Crippen molar-refractivity contribution in [2.45, 2.75) is 42.1 Å². The van der Waals surface area contributed by atoms with Gasteiger partial charge in [-0.2, -0.15) is 0 Å². The molecule has 1 aliphatic heterocycles. The number of urea groups is 1. The number of amides is 2. The highest BCUT2D eigenvalue weighted by Gasteiger charge is 2.21. The number of carbonyl (C=O) groups excluding carboxylic acids is 1. The Labute approximate surface area is 177 Å². The SMILES string of the molecule is CCNC(=NCc1ccc(Sc2ccccc2)cc1)NC1CCN(C(N)=O)CC1. The van der Waals surface area contributed by atoms with Gasteiger partial charge in [-0.1, -0.05) is 42.1 Å².